The van der Waals surface area contributed by atoms with E-state index in [0.717, 1.165) is 10.9 Å². The van der Waals surface area contributed by atoms with Gasteiger partial charge in [0.15, 0.2) is 12.4 Å². The molecule has 22 heavy (non-hydrogen) atoms. The molecule has 1 aromatic heterocycles. The van der Waals surface area contributed by atoms with Crippen LogP contribution < -0.4 is 10.1 Å². The van der Waals surface area contributed by atoms with E-state index in [1.54, 1.807) is 30.5 Å². The zero-order valence-electron chi connectivity index (χ0n) is 11.3. The van der Waals surface area contributed by atoms with Gasteiger partial charge in [0.05, 0.1) is 21.8 Å². The molecule has 3 rings (SSSR count). The molecular formula is C15H11Cl2N3O2. The van der Waals surface area contributed by atoms with Crippen LogP contribution >= 0.6 is 23.2 Å². The molecule has 0 saturated carbocycles. The number of hydrogen-bond acceptors (Lipinski definition) is 3. The van der Waals surface area contributed by atoms with Gasteiger partial charge in [0.1, 0.15) is 0 Å². The van der Waals surface area contributed by atoms with Crippen LogP contribution in [0.15, 0.2) is 42.6 Å². The van der Waals surface area contributed by atoms with Gasteiger partial charge in [-0.15, -0.1) is 0 Å². The van der Waals surface area contributed by atoms with Gasteiger partial charge in [-0.05, 0) is 30.3 Å². The van der Waals surface area contributed by atoms with Crippen molar-refractivity contribution in [2.75, 3.05) is 11.9 Å². The van der Waals surface area contributed by atoms with Crippen LogP contribution in [-0.4, -0.2) is 22.7 Å². The lowest BCUT2D eigenvalue weighted by molar-refractivity contribution is -0.118. The molecule has 1 heterocycles. The molecule has 0 aliphatic carbocycles. The molecule has 5 nitrogen and oxygen atoms in total. The fraction of sp³-hybridized carbons (Fsp3) is 0.0667. The van der Waals surface area contributed by atoms with Gasteiger partial charge in [-0.3, -0.25) is 9.89 Å². The number of ether oxygens (including phenoxy) is 1. The van der Waals surface area contributed by atoms with Crippen LogP contribution in [0.1, 0.15) is 0 Å². The molecule has 0 spiro atoms. The summed E-state index contributed by atoms with van der Waals surface area (Å²) in [6.45, 7) is -0.188. The molecule has 1 amide bonds. The first-order valence-electron chi connectivity index (χ1n) is 6.43. The SMILES string of the molecule is O=C(COc1c(Cl)cccc1Cl)Nc1ccc2[nH]ncc2c1. The Balaban J connectivity index is 1.65. The summed E-state index contributed by atoms with van der Waals surface area (Å²) in [6, 6.07) is 10.4. The largest absolute Gasteiger partial charge is 0.481 e. The summed E-state index contributed by atoms with van der Waals surface area (Å²) < 4.78 is 5.38. The molecule has 2 N–H and O–H groups in total. The monoisotopic (exact) mass is 335 g/mol. The van der Waals surface area contributed by atoms with Gasteiger partial charge in [-0.2, -0.15) is 5.10 Å². The van der Waals surface area contributed by atoms with Crippen molar-refractivity contribution in [2.24, 2.45) is 0 Å². The van der Waals surface area contributed by atoms with Crippen molar-refractivity contribution in [2.45, 2.75) is 0 Å². The summed E-state index contributed by atoms with van der Waals surface area (Å²) in [5.74, 6) is -0.00917. The minimum atomic E-state index is -0.307. The molecule has 0 bridgehead atoms. The zero-order valence-corrected chi connectivity index (χ0v) is 12.8. The molecule has 3 aromatic rings. The Hall–Kier alpha value is -2.24. The number of carbonyl (C=O) groups excluding carboxylic acids is 1. The number of aromatic nitrogens is 2. The first-order valence-corrected chi connectivity index (χ1v) is 7.19. The van der Waals surface area contributed by atoms with E-state index < -0.39 is 0 Å². The van der Waals surface area contributed by atoms with Crippen LogP contribution in [0.25, 0.3) is 10.9 Å². The summed E-state index contributed by atoms with van der Waals surface area (Å²) in [7, 11) is 0. The van der Waals surface area contributed by atoms with Crippen molar-refractivity contribution in [3.8, 4) is 5.75 Å². The van der Waals surface area contributed by atoms with Crippen LogP contribution in [0.3, 0.4) is 0 Å². The number of para-hydroxylation sites is 1. The van der Waals surface area contributed by atoms with Gasteiger partial charge in [0.2, 0.25) is 0 Å². The minimum Gasteiger partial charge on any atom is -0.481 e. The molecule has 2 aromatic carbocycles. The number of anilines is 1. The van der Waals surface area contributed by atoms with Gasteiger partial charge in [0.25, 0.3) is 5.91 Å². The van der Waals surface area contributed by atoms with Gasteiger partial charge in [-0.1, -0.05) is 29.3 Å². The van der Waals surface area contributed by atoms with Crippen molar-refractivity contribution in [1.29, 1.82) is 0 Å². The Kier molecular flexibility index (Phi) is 4.18. The molecule has 7 heteroatoms. The van der Waals surface area contributed by atoms with E-state index in [4.69, 9.17) is 27.9 Å². The number of benzene rings is 2. The second-order valence-electron chi connectivity index (χ2n) is 4.56. The van der Waals surface area contributed by atoms with Gasteiger partial charge >= 0.3 is 0 Å². The Morgan fingerprint density at radius 1 is 1.23 bits per heavy atom. The fourth-order valence-corrected chi connectivity index (χ4v) is 2.48. The Morgan fingerprint density at radius 2 is 2.00 bits per heavy atom. The van der Waals surface area contributed by atoms with Gasteiger partial charge < -0.3 is 10.1 Å². The lowest BCUT2D eigenvalue weighted by Crippen LogP contribution is -2.20. The van der Waals surface area contributed by atoms with Gasteiger partial charge in [-0.25, -0.2) is 0 Å². The van der Waals surface area contributed by atoms with Crippen molar-refractivity contribution in [3.63, 3.8) is 0 Å². The average molecular weight is 336 g/mol. The summed E-state index contributed by atoms with van der Waals surface area (Å²) in [6.07, 6.45) is 1.69. The van der Waals surface area contributed by atoms with E-state index in [1.807, 2.05) is 12.1 Å². The zero-order chi connectivity index (χ0) is 15.5. The molecule has 0 radical (unpaired) electrons. The Morgan fingerprint density at radius 3 is 2.77 bits per heavy atom. The lowest BCUT2D eigenvalue weighted by atomic mass is 10.2. The summed E-state index contributed by atoms with van der Waals surface area (Å²) in [5, 5.41) is 11.1. The summed E-state index contributed by atoms with van der Waals surface area (Å²) >= 11 is 11.9. The smallest absolute Gasteiger partial charge is 0.262 e. The normalized spacial score (nSPS) is 10.6. The number of aromatic amines is 1. The van der Waals surface area contributed by atoms with Crippen molar-refractivity contribution < 1.29 is 9.53 Å². The maximum atomic E-state index is 11.9. The molecular weight excluding hydrogens is 325 g/mol. The van der Waals surface area contributed by atoms with Crippen LogP contribution in [-0.2, 0) is 4.79 Å². The number of hydrogen-bond donors (Lipinski definition) is 2. The first-order chi connectivity index (χ1) is 10.6. The van der Waals surface area contributed by atoms with E-state index in [2.05, 4.69) is 15.5 Å². The number of fused-ring (bicyclic) bond motifs is 1. The van der Waals surface area contributed by atoms with E-state index in [1.165, 1.54) is 0 Å². The van der Waals surface area contributed by atoms with Gasteiger partial charge in [0, 0.05) is 11.1 Å². The highest BCUT2D eigenvalue weighted by Gasteiger charge is 2.10. The second kappa shape index (κ2) is 6.25. The van der Waals surface area contributed by atoms with E-state index in [-0.39, 0.29) is 12.5 Å². The Bertz CT molecular complexity index is 812. The van der Waals surface area contributed by atoms with Crippen LogP contribution in [0, 0.1) is 0 Å². The van der Waals surface area contributed by atoms with Crippen molar-refractivity contribution >= 4 is 45.7 Å². The number of rotatable bonds is 4. The lowest BCUT2D eigenvalue weighted by Gasteiger charge is -2.10. The third-order valence-electron chi connectivity index (χ3n) is 2.99. The number of nitrogens with zero attached hydrogens (tertiary/aromatic N) is 1. The van der Waals surface area contributed by atoms with Crippen LogP contribution in [0.5, 0.6) is 5.75 Å². The van der Waals surface area contributed by atoms with Crippen molar-refractivity contribution in [1.82, 2.24) is 10.2 Å². The molecule has 112 valence electrons. The minimum absolute atomic E-state index is 0.188. The van der Waals surface area contributed by atoms with E-state index in [0.29, 0.717) is 21.5 Å². The molecule has 0 atom stereocenters. The summed E-state index contributed by atoms with van der Waals surface area (Å²) in [5.41, 5.74) is 1.56. The number of amides is 1. The molecule has 0 fully saturated rings. The van der Waals surface area contributed by atoms with Crippen LogP contribution in [0.4, 0.5) is 5.69 Å². The molecule has 0 saturated heterocycles. The second-order valence-corrected chi connectivity index (χ2v) is 5.37. The third-order valence-corrected chi connectivity index (χ3v) is 3.59. The number of H-pyrrole nitrogens is 1. The topological polar surface area (TPSA) is 67.0 Å². The Labute approximate surface area is 136 Å². The maximum absolute atomic E-state index is 11.9. The predicted molar refractivity (Wildman–Crippen MR) is 86.7 cm³/mol. The predicted octanol–water partition coefficient (Wildman–Crippen LogP) is 3.89. The standard InChI is InChI=1S/C15H11Cl2N3O2/c16-11-2-1-3-12(17)15(11)22-8-14(21)19-10-4-5-13-9(6-10)7-18-20-13/h1-7H,8H2,(H,18,20)(H,19,21). The number of halogens is 2. The van der Waals surface area contributed by atoms with Crippen molar-refractivity contribution in [3.05, 3.63) is 52.6 Å². The van der Waals surface area contributed by atoms with E-state index in [9.17, 15) is 4.79 Å². The molecule has 0 unspecified atom stereocenters. The fourth-order valence-electron chi connectivity index (χ4n) is 1.98. The average Bonchev–Trinajstić information content (AvgIpc) is 2.94. The maximum Gasteiger partial charge on any atom is 0.262 e. The first kappa shape index (κ1) is 14.7. The molecule has 0 aliphatic heterocycles. The number of nitrogens with one attached hydrogen (secondary N) is 2. The quantitative estimate of drug-likeness (QED) is 0.760. The number of carbonyl (C=O) groups is 1. The highest BCUT2D eigenvalue weighted by atomic mass is 35.5. The van der Waals surface area contributed by atoms with Crippen LogP contribution in [0.2, 0.25) is 10.0 Å². The highest BCUT2D eigenvalue weighted by Crippen LogP contribution is 2.32. The highest BCUT2D eigenvalue weighted by molar-refractivity contribution is 6.37. The molecule has 0 aliphatic rings. The van der Waals surface area contributed by atoms with E-state index >= 15 is 0 Å². The third kappa shape index (κ3) is 3.16. The summed E-state index contributed by atoms with van der Waals surface area (Å²) in [4.78, 5) is 11.9.